The van der Waals surface area contributed by atoms with Crippen LogP contribution in [0.3, 0.4) is 0 Å². The number of nitrogens with two attached hydrogens (primary N) is 2. The van der Waals surface area contributed by atoms with Crippen LogP contribution in [0.4, 0.5) is 0 Å². The fraction of sp³-hybridized carbons (Fsp3) is 0.440. The number of carbonyl (C=O) groups excluding carboxylic acids is 3. The molecule has 218 valence electrons. The third-order valence-corrected chi connectivity index (χ3v) is 5.68. The Bertz CT molecular complexity index is 1270. The molecule has 0 spiro atoms. The number of hydrogen-bond acceptors (Lipinski definition) is 8. The molecule has 2 rings (SSSR count). The summed E-state index contributed by atoms with van der Waals surface area (Å²) < 4.78 is 6.04. The molecule has 0 bridgehead atoms. The van der Waals surface area contributed by atoms with Gasteiger partial charge >= 0.3 is 17.6 Å². The van der Waals surface area contributed by atoms with Crippen LogP contribution in [-0.2, 0) is 43.5 Å². The Morgan fingerprint density at radius 2 is 1.80 bits per heavy atom. The first-order valence-corrected chi connectivity index (χ1v) is 12.5. The second-order valence-corrected chi connectivity index (χ2v) is 9.27. The highest BCUT2D eigenvalue weighted by Crippen LogP contribution is 2.14. The Morgan fingerprint density at radius 3 is 2.40 bits per heavy atom. The van der Waals surface area contributed by atoms with E-state index >= 15 is 0 Å². The second kappa shape index (κ2) is 14.9. The molecule has 9 N–H and O–H groups in total. The number of carbonyl (C=O) groups is 4. The van der Waals surface area contributed by atoms with Crippen molar-refractivity contribution >= 4 is 29.7 Å². The van der Waals surface area contributed by atoms with Gasteiger partial charge in [0.05, 0.1) is 12.1 Å². The zero-order valence-electron chi connectivity index (χ0n) is 22.3. The van der Waals surface area contributed by atoms with E-state index in [4.69, 9.17) is 16.2 Å². The summed E-state index contributed by atoms with van der Waals surface area (Å²) in [5, 5.41) is 24.3. The van der Waals surface area contributed by atoms with Crippen LogP contribution in [0, 0.1) is 5.92 Å². The molecule has 2 aromatic rings. The summed E-state index contributed by atoms with van der Waals surface area (Å²) in [5.74, 6) is -4.99. The van der Waals surface area contributed by atoms with Crippen LogP contribution in [-0.4, -0.2) is 68.1 Å². The molecule has 0 saturated heterocycles. The third kappa shape index (κ3) is 9.81. The van der Waals surface area contributed by atoms with Crippen molar-refractivity contribution in [3.05, 3.63) is 52.1 Å². The molecule has 2 amide bonds. The van der Waals surface area contributed by atoms with E-state index in [-0.39, 0.29) is 31.2 Å². The molecule has 0 unspecified atom stereocenters. The van der Waals surface area contributed by atoms with Crippen LogP contribution in [0.5, 0.6) is 5.88 Å². The first-order chi connectivity index (χ1) is 18.9. The number of esters is 1. The van der Waals surface area contributed by atoms with Gasteiger partial charge in [-0.2, -0.15) is 0 Å². The SMILES string of the molecule is CC(C)[C@H](NC(=O)[C@H](CC(=O)O)NC(=O)Cn1c(O)c(CCCN=C(N)N)[nH]c1=O)C(=O)OCc1ccccc1. The van der Waals surface area contributed by atoms with Gasteiger partial charge < -0.3 is 42.0 Å². The quantitative estimate of drug-likeness (QED) is 0.0600. The van der Waals surface area contributed by atoms with Crippen LogP contribution in [0.25, 0.3) is 0 Å². The van der Waals surface area contributed by atoms with Gasteiger partial charge in [0.25, 0.3) is 0 Å². The number of guanidine groups is 1. The van der Waals surface area contributed by atoms with Crippen LogP contribution in [0.1, 0.15) is 37.9 Å². The number of amides is 2. The minimum atomic E-state index is -1.58. The van der Waals surface area contributed by atoms with E-state index in [0.717, 1.165) is 10.1 Å². The number of hydrogen-bond donors (Lipinski definition) is 7. The fourth-order valence-corrected chi connectivity index (χ4v) is 3.63. The summed E-state index contributed by atoms with van der Waals surface area (Å²) in [6.45, 7) is 2.84. The largest absolute Gasteiger partial charge is 0.493 e. The van der Waals surface area contributed by atoms with Crippen molar-refractivity contribution in [2.75, 3.05) is 6.54 Å². The minimum absolute atomic E-state index is 0.0285. The zero-order valence-corrected chi connectivity index (χ0v) is 22.3. The van der Waals surface area contributed by atoms with Crippen molar-refractivity contribution < 1.29 is 34.1 Å². The summed E-state index contributed by atoms with van der Waals surface area (Å²) in [5.41, 5.74) is 10.6. The number of imidazole rings is 1. The van der Waals surface area contributed by atoms with E-state index in [2.05, 4.69) is 20.6 Å². The Balaban J connectivity index is 2.06. The normalized spacial score (nSPS) is 12.3. The first-order valence-electron chi connectivity index (χ1n) is 12.5. The molecule has 15 nitrogen and oxygen atoms in total. The molecular formula is C25H35N7O8. The molecule has 1 heterocycles. The lowest BCUT2D eigenvalue weighted by Crippen LogP contribution is -2.54. The number of aromatic amines is 1. The number of aliphatic carboxylic acids is 1. The van der Waals surface area contributed by atoms with Gasteiger partial charge in [0.1, 0.15) is 25.2 Å². The second-order valence-electron chi connectivity index (χ2n) is 9.27. The molecule has 0 saturated carbocycles. The van der Waals surface area contributed by atoms with Crippen LogP contribution in [0.15, 0.2) is 40.1 Å². The number of carboxylic acids is 1. The molecule has 1 aromatic heterocycles. The van der Waals surface area contributed by atoms with Gasteiger partial charge in [-0.3, -0.25) is 23.9 Å². The lowest BCUT2D eigenvalue weighted by atomic mass is 10.0. The Labute approximate surface area is 229 Å². The molecule has 0 aliphatic heterocycles. The van der Waals surface area contributed by atoms with Crippen molar-refractivity contribution in [1.29, 1.82) is 0 Å². The van der Waals surface area contributed by atoms with Crippen molar-refractivity contribution in [3.8, 4) is 5.88 Å². The third-order valence-electron chi connectivity index (χ3n) is 5.68. The highest BCUT2D eigenvalue weighted by Gasteiger charge is 2.31. The number of rotatable bonds is 15. The van der Waals surface area contributed by atoms with Crippen molar-refractivity contribution in [2.24, 2.45) is 22.4 Å². The molecule has 0 fully saturated rings. The molecular weight excluding hydrogens is 526 g/mol. The summed E-state index contributed by atoms with van der Waals surface area (Å²) in [7, 11) is 0. The maximum Gasteiger partial charge on any atom is 0.329 e. The number of aliphatic imine (C=N–C) groups is 1. The number of benzene rings is 1. The van der Waals surface area contributed by atoms with Gasteiger partial charge in [0.2, 0.25) is 17.7 Å². The minimum Gasteiger partial charge on any atom is -0.493 e. The molecule has 0 radical (unpaired) electrons. The topological polar surface area (TPSA) is 244 Å². The predicted octanol–water partition coefficient (Wildman–Crippen LogP) is -1.07. The average molecular weight is 562 g/mol. The van der Waals surface area contributed by atoms with Crippen molar-refractivity contribution in [1.82, 2.24) is 20.2 Å². The average Bonchev–Trinajstić information content (AvgIpc) is 3.15. The summed E-state index contributed by atoms with van der Waals surface area (Å²) in [6, 6.07) is 6.19. The Kier molecular flexibility index (Phi) is 11.7. The van der Waals surface area contributed by atoms with Gasteiger partial charge in [-0.1, -0.05) is 44.2 Å². The number of nitrogens with one attached hydrogen (secondary N) is 3. The van der Waals surface area contributed by atoms with E-state index in [9.17, 15) is 34.2 Å². The molecule has 15 heteroatoms. The number of aromatic hydroxyl groups is 1. The standard InChI is InChI=1S/C25H35N7O8/c1-14(2)20(23(38)40-13-15-7-4-3-5-8-15)31-21(36)17(11-19(34)35)29-18(33)12-32-22(37)16(30-25(32)39)9-6-10-28-24(26)27/h3-5,7-8,14,17,20,37H,6,9-13H2,1-2H3,(H,29,33)(H,30,39)(H,31,36)(H,34,35)(H4,26,27,28)/t17-,20-/m0/s1. The van der Waals surface area contributed by atoms with Crippen LogP contribution < -0.4 is 27.8 Å². The summed E-state index contributed by atoms with van der Waals surface area (Å²) in [6.07, 6.45) is -0.206. The van der Waals surface area contributed by atoms with Gasteiger partial charge in [0, 0.05) is 6.54 Å². The number of aromatic nitrogens is 2. The molecule has 0 aliphatic carbocycles. The number of H-pyrrole nitrogens is 1. The van der Waals surface area contributed by atoms with Gasteiger partial charge in [-0.05, 0) is 24.3 Å². The van der Waals surface area contributed by atoms with Gasteiger partial charge in [-0.25, -0.2) is 9.59 Å². The Hall–Kier alpha value is -4.82. The first kappa shape index (κ1) is 31.4. The van der Waals surface area contributed by atoms with E-state index < -0.39 is 66.3 Å². The monoisotopic (exact) mass is 561 g/mol. The molecule has 1 aromatic carbocycles. The molecule has 2 atom stereocenters. The van der Waals surface area contributed by atoms with E-state index in [1.54, 1.807) is 38.1 Å². The summed E-state index contributed by atoms with van der Waals surface area (Å²) >= 11 is 0. The van der Waals surface area contributed by atoms with Gasteiger partial charge in [-0.15, -0.1) is 0 Å². The number of nitrogens with zero attached hydrogens (tertiary/aromatic N) is 2. The summed E-state index contributed by atoms with van der Waals surface area (Å²) in [4.78, 5) is 68.2. The maximum absolute atomic E-state index is 12.9. The Morgan fingerprint density at radius 1 is 1.12 bits per heavy atom. The van der Waals surface area contributed by atoms with Crippen LogP contribution >= 0.6 is 0 Å². The smallest absolute Gasteiger partial charge is 0.329 e. The fourth-order valence-electron chi connectivity index (χ4n) is 3.63. The zero-order chi connectivity index (χ0) is 29.8. The number of ether oxygens (including phenoxy) is 1. The molecule has 40 heavy (non-hydrogen) atoms. The van der Waals surface area contributed by atoms with Gasteiger partial charge in [0.15, 0.2) is 5.96 Å². The predicted molar refractivity (Wildman–Crippen MR) is 143 cm³/mol. The van der Waals surface area contributed by atoms with Crippen molar-refractivity contribution in [2.45, 2.75) is 58.3 Å². The number of carboxylic acid groups (broad SMARTS) is 1. The van der Waals surface area contributed by atoms with E-state index in [1.165, 1.54) is 0 Å². The van der Waals surface area contributed by atoms with E-state index in [1.807, 2.05) is 6.07 Å². The highest BCUT2D eigenvalue weighted by molar-refractivity contribution is 5.93. The van der Waals surface area contributed by atoms with Crippen molar-refractivity contribution in [3.63, 3.8) is 0 Å². The lowest BCUT2D eigenvalue weighted by molar-refractivity contribution is -0.150. The highest BCUT2D eigenvalue weighted by atomic mass is 16.5. The maximum atomic E-state index is 12.9. The molecule has 0 aliphatic rings. The lowest BCUT2D eigenvalue weighted by Gasteiger charge is -2.24. The number of aryl methyl sites for hydroxylation is 1. The van der Waals surface area contributed by atoms with E-state index in [0.29, 0.717) is 6.42 Å². The van der Waals surface area contributed by atoms with Crippen LogP contribution in [0.2, 0.25) is 0 Å².